The standard InChI is InChI=1S/C26H26N2O4/c1-18-7-11-20(12-8-18)25-23-5-3-4-6-24(23)26(30)28(27-25)15-21(29)17-32-16-19-9-13-22(31-2)14-10-19/h3-14,21,29H,15-17H2,1-2H3/t21-/m1/s1. The zero-order valence-corrected chi connectivity index (χ0v) is 18.2. The molecule has 0 aliphatic rings. The van der Waals surface area contributed by atoms with Gasteiger partial charge in [0, 0.05) is 10.9 Å². The van der Waals surface area contributed by atoms with Crippen LogP contribution in [-0.4, -0.2) is 34.7 Å². The van der Waals surface area contributed by atoms with Crippen molar-refractivity contribution in [3.05, 3.63) is 94.3 Å². The number of aryl methyl sites for hydroxylation is 1. The van der Waals surface area contributed by atoms with Crippen LogP contribution < -0.4 is 10.3 Å². The van der Waals surface area contributed by atoms with E-state index in [-0.39, 0.29) is 18.7 Å². The second-order valence-electron chi connectivity index (χ2n) is 7.76. The van der Waals surface area contributed by atoms with Gasteiger partial charge in [-0.25, -0.2) is 4.68 Å². The first-order chi connectivity index (χ1) is 15.5. The SMILES string of the molecule is COc1ccc(COC[C@H](O)Cn2nc(-c3ccc(C)cc3)c3ccccc3c2=O)cc1. The number of rotatable bonds is 8. The summed E-state index contributed by atoms with van der Waals surface area (Å²) in [7, 11) is 1.62. The summed E-state index contributed by atoms with van der Waals surface area (Å²) < 4.78 is 12.1. The molecule has 0 radical (unpaired) electrons. The zero-order valence-electron chi connectivity index (χ0n) is 18.2. The van der Waals surface area contributed by atoms with Crippen LogP contribution in [0.4, 0.5) is 0 Å². The smallest absolute Gasteiger partial charge is 0.274 e. The topological polar surface area (TPSA) is 73.6 Å². The second kappa shape index (κ2) is 9.77. The van der Waals surface area contributed by atoms with E-state index in [0.717, 1.165) is 27.8 Å². The molecular weight excluding hydrogens is 404 g/mol. The van der Waals surface area contributed by atoms with Crippen molar-refractivity contribution in [3.63, 3.8) is 0 Å². The predicted molar refractivity (Wildman–Crippen MR) is 125 cm³/mol. The number of nitrogens with zero attached hydrogens (tertiary/aromatic N) is 2. The van der Waals surface area contributed by atoms with E-state index in [1.165, 1.54) is 4.68 Å². The second-order valence-corrected chi connectivity index (χ2v) is 7.76. The maximum Gasteiger partial charge on any atom is 0.274 e. The summed E-state index contributed by atoms with van der Waals surface area (Å²) >= 11 is 0. The first-order valence-corrected chi connectivity index (χ1v) is 10.5. The van der Waals surface area contributed by atoms with Crippen LogP contribution in [0.2, 0.25) is 0 Å². The molecule has 1 heterocycles. The molecule has 1 atom stereocenters. The number of benzene rings is 3. The van der Waals surface area contributed by atoms with Crippen LogP contribution in [0.3, 0.4) is 0 Å². The Labute approximate surface area is 186 Å². The molecule has 4 rings (SSSR count). The molecule has 32 heavy (non-hydrogen) atoms. The van der Waals surface area contributed by atoms with E-state index in [1.54, 1.807) is 13.2 Å². The number of hydrogen-bond donors (Lipinski definition) is 1. The Kier molecular flexibility index (Phi) is 6.63. The van der Waals surface area contributed by atoms with Crippen LogP contribution in [0.5, 0.6) is 5.75 Å². The van der Waals surface area contributed by atoms with Crippen molar-refractivity contribution in [1.82, 2.24) is 9.78 Å². The third kappa shape index (κ3) is 4.88. The van der Waals surface area contributed by atoms with Gasteiger partial charge in [-0.15, -0.1) is 0 Å². The van der Waals surface area contributed by atoms with Gasteiger partial charge in [-0.3, -0.25) is 4.79 Å². The minimum Gasteiger partial charge on any atom is -0.497 e. The van der Waals surface area contributed by atoms with Crippen LogP contribution >= 0.6 is 0 Å². The van der Waals surface area contributed by atoms with Crippen molar-refractivity contribution >= 4 is 10.8 Å². The molecule has 0 amide bonds. The van der Waals surface area contributed by atoms with Crippen molar-refractivity contribution in [1.29, 1.82) is 0 Å². The van der Waals surface area contributed by atoms with E-state index in [4.69, 9.17) is 9.47 Å². The van der Waals surface area contributed by atoms with Crippen LogP contribution in [0, 0.1) is 6.92 Å². The maximum absolute atomic E-state index is 13.0. The Morgan fingerprint density at radius 2 is 1.66 bits per heavy atom. The summed E-state index contributed by atoms with van der Waals surface area (Å²) in [5.74, 6) is 0.778. The number of aliphatic hydroxyl groups is 1. The van der Waals surface area contributed by atoms with E-state index in [0.29, 0.717) is 17.7 Å². The predicted octanol–water partition coefficient (Wildman–Crippen LogP) is 3.96. The Balaban J connectivity index is 1.52. The molecule has 0 aliphatic heterocycles. The minimum atomic E-state index is -0.870. The van der Waals surface area contributed by atoms with Gasteiger partial charge in [0.2, 0.25) is 0 Å². The fourth-order valence-electron chi connectivity index (χ4n) is 3.57. The lowest BCUT2D eigenvalue weighted by molar-refractivity contribution is 0.0181. The number of hydrogen-bond acceptors (Lipinski definition) is 5. The highest BCUT2D eigenvalue weighted by molar-refractivity contribution is 5.93. The third-order valence-corrected chi connectivity index (χ3v) is 5.31. The van der Waals surface area contributed by atoms with Gasteiger partial charge in [-0.1, -0.05) is 60.2 Å². The van der Waals surface area contributed by atoms with E-state index in [2.05, 4.69) is 5.10 Å². The summed E-state index contributed by atoms with van der Waals surface area (Å²) in [6.45, 7) is 2.52. The molecular formula is C26H26N2O4. The summed E-state index contributed by atoms with van der Waals surface area (Å²) in [6, 6.07) is 23.0. The van der Waals surface area contributed by atoms with Crippen molar-refractivity contribution in [2.24, 2.45) is 0 Å². The lowest BCUT2D eigenvalue weighted by Gasteiger charge is -2.15. The lowest BCUT2D eigenvalue weighted by Crippen LogP contribution is -2.31. The Bertz CT molecular complexity index is 1250. The molecule has 0 spiro atoms. The summed E-state index contributed by atoms with van der Waals surface area (Å²) in [4.78, 5) is 13.0. The Morgan fingerprint density at radius 3 is 2.34 bits per heavy atom. The van der Waals surface area contributed by atoms with Gasteiger partial charge >= 0.3 is 0 Å². The monoisotopic (exact) mass is 430 g/mol. The molecule has 0 unspecified atom stereocenters. The number of methoxy groups -OCH3 is 1. The Hall–Kier alpha value is -3.48. The number of aromatic nitrogens is 2. The molecule has 0 aliphatic carbocycles. The van der Waals surface area contributed by atoms with E-state index < -0.39 is 6.10 Å². The highest BCUT2D eigenvalue weighted by Crippen LogP contribution is 2.25. The summed E-state index contributed by atoms with van der Waals surface area (Å²) in [5.41, 5.74) is 3.53. The molecule has 0 saturated carbocycles. The van der Waals surface area contributed by atoms with Crippen LogP contribution in [0.1, 0.15) is 11.1 Å². The van der Waals surface area contributed by atoms with Crippen molar-refractivity contribution < 1.29 is 14.6 Å². The van der Waals surface area contributed by atoms with Crippen LogP contribution in [-0.2, 0) is 17.9 Å². The normalized spacial score (nSPS) is 12.1. The molecule has 1 aromatic heterocycles. The summed E-state index contributed by atoms with van der Waals surface area (Å²) in [6.07, 6.45) is -0.870. The molecule has 3 aromatic carbocycles. The highest BCUT2D eigenvalue weighted by atomic mass is 16.5. The fraction of sp³-hybridized carbons (Fsp3) is 0.231. The molecule has 0 saturated heterocycles. The van der Waals surface area contributed by atoms with E-state index in [9.17, 15) is 9.90 Å². The largest absolute Gasteiger partial charge is 0.497 e. The molecule has 164 valence electrons. The molecule has 4 aromatic rings. The zero-order chi connectivity index (χ0) is 22.5. The van der Waals surface area contributed by atoms with Gasteiger partial charge < -0.3 is 14.6 Å². The molecule has 6 nitrogen and oxygen atoms in total. The molecule has 0 bridgehead atoms. The van der Waals surface area contributed by atoms with Gasteiger partial charge in [-0.2, -0.15) is 5.10 Å². The molecule has 0 fully saturated rings. The average Bonchev–Trinajstić information content (AvgIpc) is 2.82. The fourth-order valence-corrected chi connectivity index (χ4v) is 3.57. The quantitative estimate of drug-likeness (QED) is 0.458. The maximum atomic E-state index is 13.0. The number of ether oxygens (including phenoxy) is 2. The first-order valence-electron chi connectivity index (χ1n) is 10.5. The average molecular weight is 431 g/mol. The first kappa shape index (κ1) is 21.7. The third-order valence-electron chi connectivity index (χ3n) is 5.31. The van der Waals surface area contributed by atoms with Gasteiger partial charge in [0.25, 0.3) is 5.56 Å². The lowest BCUT2D eigenvalue weighted by atomic mass is 10.0. The van der Waals surface area contributed by atoms with Crippen LogP contribution in [0.15, 0.2) is 77.6 Å². The van der Waals surface area contributed by atoms with Gasteiger partial charge in [-0.05, 0) is 30.7 Å². The van der Waals surface area contributed by atoms with E-state index >= 15 is 0 Å². The number of fused-ring (bicyclic) bond motifs is 1. The van der Waals surface area contributed by atoms with Crippen LogP contribution in [0.25, 0.3) is 22.0 Å². The van der Waals surface area contributed by atoms with Gasteiger partial charge in [0.1, 0.15) is 5.75 Å². The molecule has 1 N–H and O–H groups in total. The highest BCUT2D eigenvalue weighted by Gasteiger charge is 2.15. The number of aliphatic hydroxyl groups excluding tert-OH is 1. The van der Waals surface area contributed by atoms with Gasteiger partial charge in [0.15, 0.2) is 0 Å². The Morgan fingerprint density at radius 1 is 0.969 bits per heavy atom. The van der Waals surface area contributed by atoms with Crippen molar-refractivity contribution in [3.8, 4) is 17.0 Å². The van der Waals surface area contributed by atoms with Gasteiger partial charge in [0.05, 0.1) is 44.1 Å². The minimum absolute atomic E-state index is 0.0468. The van der Waals surface area contributed by atoms with Crippen molar-refractivity contribution in [2.45, 2.75) is 26.2 Å². The van der Waals surface area contributed by atoms with E-state index in [1.807, 2.05) is 73.7 Å². The molecule has 6 heteroatoms. The van der Waals surface area contributed by atoms with Crippen molar-refractivity contribution in [2.75, 3.05) is 13.7 Å². The summed E-state index contributed by atoms with van der Waals surface area (Å²) in [5, 5.41) is 16.5.